The molecule has 0 heterocycles. The number of quaternary nitrogens is 1. The SMILES string of the molecule is CCCCCCCCCCCCNC(=O)CC[N+](C)(C)CCC(=O)NCCCCCCCCCCCC.[Br-]. The lowest BCUT2D eigenvalue weighted by molar-refractivity contribution is -0.889. The topological polar surface area (TPSA) is 58.2 Å². The van der Waals surface area contributed by atoms with Gasteiger partial charge in [0.2, 0.25) is 11.8 Å². The highest BCUT2D eigenvalue weighted by Gasteiger charge is 2.18. The Morgan fingerprint density at radius 3 is 1.03 bits per heavy atom. The van der Waals surface area contributed by atoms with Gasteiger partial charge in [0.05, 0.1) is 40.0 Å². The number of nitrogens with one attached hydrogen (secondary N) is 2. The average Bonchev–Trinajstić information content (AvgIpc) is 2.88. The molecule has 0 aliphatic rings. The Labute approximate surface area is 248 Å². The highest BCUT2D eigenvalue weighted by molar-refractivity contribution is 5.76. The minimum atomic E-state index is 0. The number of nitrogens with zero attached hydrogens (tertiary/aromatic N) is 1. The van der Waals surface area contributed by atoms with Crippen LogP contribution in [0.15, 0.2) is 0 Å². The molecule has 0 saturated carbocycles. The van der Waals surface area contributed by atoms with E-state index in [0.29, 0.717) is 17.3 Å². The molecule has 38 heavy (non-hydrogen) atoms. The van der Waals surface area contributed by atoms with Crippen LogP contribution in [-0.2, 0) is 9.59 Å². The molecule has 2 amide bonds. The van der Waals surface area contributed by atoms with E-state index in [1.54, 1.807) is 0 Å². The number of carbonyl (C=O) groups is 2. The van der Waals surface area contributed by atoms with Gasteiger partial charge in [0, 0.05) is 13.1 Å². The number of hydrogen-bond donors (Lipinski definition) is 2. The zero-order chi connectivity index (χ0) is 27.5. The zero-order valence-corrected chi connectivity index (χ0v) is 27.6. The molecule has 0 aromatic heterocycles. The maximum Gasteiger partial charge on any atom is 0.225 e. The molecule has 0 radical (unpaired) electrons. The Morgan fingerprint density at radius 1 is 0.474 bits per heavy atom. The van der Waals surface area contributed by atoms with Crippen molar-refractivity contribution in [3.63, 3.8) is 0 Å². The van der Waals surface area contributed by atoms with E-state index in [1.165, 1.54) is 116 Å². The van der Waals surface area contributed by atoms with Crippen LogP contribution in [0.4, 0.5) is 0 Å². The highest BCUT2D eigenvalue weighted by Crippen LogP contribution is 2.11. The molecular formula is C32H66BrN3O2. The van der Waals surface area contributed by atoms with Crippen LogP contribution in [0.3, 0.4) is 0 Å². The van der Waals surface area contributed by atoms with Crippen molar-refractivity contribution in [2.75, 3.05) is 40.3 Å². The first kappa shape index (κ1) is 39.5. The van der Waals surface area contributed by atoms with Crippen LogP contribution in [0.5, 0.6) is 0 Å². The van der Waals surface area contributed by atoms with Crippen LogP contribution >= 0.6 is 0 Å². The fourth-order valence-corrected chi connectivity index (χ4v) is 4.78. The van der Waals surface area contributed by atoms with Gasteiger partial charge in [0.25, 0.3) is 0 Å². The third-order valence-corrected chi connectivity index (χ3v) is 7.59. The van der Waals surface area contributed by atoms with Crippen LogP contribution in [0.25, 0.3) is 0 Å². The zero-order valence-electron chi connectivity index (χ0n) is 26.0. The predicted molar refractivity (Wildman–Crippen MR) is 161 cm³/mol. The third-order valence-electron chi connectivity index (χ3n) is 7.59. The van der Waals surface area contributed by atoms with E-state index >= 15 is 0 Å². The number of hydrogen-bond acceptors (Lipinski definition) is 2. The molecule has 0 unspecified atom stereocenters. The number of carbonyl (C=O) groups excluding carboxylic acids is 2. The molecule has 0 fully saturated rings. The second kappa shape index (κ2) is 29.4. The lowest BCUT2D eigenvalue weighted by Gasteiger charge is -2.29. The van der Waals surface area contributed by atoms with Crippen molar-refractivity contribution in [1.29, 1.82) is 0 Å². The molecule has 2 N–H and O–H groups in total. The van der Waals surface area contributed by atoms with Crippen LogP contribution in [0.1, 0.15) is 155 Å². The first-order chi connectivity index (χ1) is 17.9. The second-order valence-electron chi connectivity index (χ2n) is 11.9. The van der Waals surface area contributed by atoms with Crippen molar-refractivity contribution < 1.29 is 31.1 Å². The van der Waals surface area contributed by atoms with Gasteiger partial charge in [0.15, 0.2) is 0 Å². The largest absolute Gasteiger partial charge is 1.00 e. The molecule has 0 bridgehead atoms. The molecule has 0 aromatic carbocycles. The fraction of sp³-hybridized carbons (Fsp3) is 0.938. The van der Waals surface area contributed by atoms with Crippen molar-refractivity contribution in [3.05, 3.63) is 0 Å². The van der Waals surface area contributed by atoms with Gasteiger partial charge in [-0.25, -0.2) is 0 Å². The summed E-state index contributed by atoms with van der Waals surface area (Å²) in [4.78, 5) is 24.4. The van der Waals surface area contributed by atoms with E-state index in [4.69, 9.17) is 0 Å². The molecule has 0 aromatic rings. The average molecular weight is 605 g/mol. The molecule has 0 atom stereocenters. The van der Waals surface area contributed by atoms with E-state index in [-0.39, 0.29) is 28.8 Å². The summed E-state index contributed by atoms with van der Waals surface area (Å²) in [6, 6.07) is 0. The Morgan fingerprint density at radius 2 is 0.737 bits per heavy atom. The molecule has 6 heteroatoms. The number of amides is 2. The van der Waals surface area contributed by atoms with Crippen LogP contribution in [-0.4, -0.2) is 56.6 Å². The first-order valence-corrected chi connectivity index (χ1v) is 16.3. The Hall–Kier alpha value is -0.620. The lowest BCUT2D eigenvalue weighted by atomic mass is 10.1. The standard InChI is InChI=1S/C32H65N3O2.BrH/c1-5-7-9-11-13-15-17-19-21-23-27-33-31(36)25-29-35(3,4)30-26-32(37)34-28-24-22-20-18-16-14-12-10-8-6-2;/h5-30H2,1-4H3,(H-,33,34,36,37);1H. The van der Waals surface area contributed by atoms with E-state index in [1.807, 2.05) is 0 Å². The first-order valence-electron chi connectivity index (χ1n) is 16.3. The van der Waals surface area contributed by atoms with Crippen molar-refractivity contribution in [2.45, 2.75) is 155 Å². The molecule has 0 rings (SSSR count). The van der Waals surface area contributed by atoms with Crippen LogP contribution in [0, 0.1) is 0 Å². The molecule has 5 nitrogen and oxygen atoms in total. The monoisotopic (exact) mass is 603 g/mol. The van der Waals surface area contributed by atoms with Gasteiger partial charge < -0.3 is 32.1 Å². The lowest BCUT2D eigenvalue weighted by Crippen LogP contribution is -3.00. The highest BCUT2D eigenvalue weighted by atomic mass is 79.9. The van der Waals surface area contributed by atoms with Gasteiger partial charge in [-0.1, -0.05) is 129 Å². The second-order valence-corrected chi connectivity index (χ2v) is 11.9. The van der Waals surface area contributed by atoms with E-state index in [9.17, 15) is 9.59 Å². The van der Waals surface area contributed by atoms with Gasteiger partial charge in [-0.15, -0.1) is 0 Å². The van der Waals surface area contributed by atoms with E-state index in [0.717, 1.165) is 39.0 Å². The van der Waals surface area contributed by atoms with Crippen molar-refractivity contribution in [2.24, 2.45) is 0 Å². The maximum atomic E-state index is 12.2. The van der Waals surface area contributed by atoms with Crippen molar-refractivity contribution >= 4 is 11.8 Å². The summed E-state index contributed by atoms with van der Waals surface area (Å²) in [7, 11) is 4.23. The van der Waals surface area contributed by atoms with E-state index < -0.39 is 0 Å². The number of halogens is 1. The van der Waals surface area contributed by atoms with Crippen molar-refractivity contribution in [1.82, 2.24) is 10.6 Å². The summed E-state index contributed by atoms with van der Waals surface area (Å²) in [6.07, 6.45) is 27.3. The fourth-order valence-electron chi connectivity index (χ4n) is 4.78. The van der Waals surface area contributed by atoms with Gasteiger partial charge in [-0.05, 0) is 12.8 Å². The third kappa shape index (κ3) is 29.9. The predicted octanol–water partition coefficient (Wildman–Crippen LogP) is 4.92. The number of rotatable bonds is 28. The molecular weight excluding hydrogens is 538 g/mol. The molecule has 0 aliphatic carbocycles. The minimum Gasteiger partial charge on any atom is -1.00 e. The summed E-state index contributed by atoms with van der Waals surface area (Å²) in [5.74, 6) is 0.292. The number of unbranched alkanes of at least 4 members (excludes halogenated alkanes) is 18. The molecule has 0 spiro atoms. The quantitative estimate of drug-likeness (QED) is 0.0984. The summed E-state index contributed by atoms with van der Waals surface area (Å²) < 4.78 is 0.706. The van der Waals surface area contributed by atoms with Crippen molar-refractivity contribution in [3.8, 4) is 0 Å². The van der Waals surface area contributed by atoms with E-state index in [2.05, 4.69) is 38.6 Å². The van der Waals surface area contributed by atoms with Crippen LogP contribution < -0.4 is 27.6 Å². The normalized spacial score (nSPS) is 11.3. The summed E-state index contributed by atoms with van der Waals surface area (Å²) in [5.41, 5.74) is 0. The summed E-state index contributed by atoms with van der Waals surface area (Å²) >= 11 is 0. The minimum absolute atomic E-state index is 0. The van der Waals surface area contributed by atoms with Gasteiger partial charge in [-0.3, -0.25) is 9.59 Å². The maximum absolute atomic E-state index is 12.2. The Bertz CT molecular complexity index is 485. The van der Waals surface area contributed by atoms with Gasteiger partial charge in [0.1, 0.15) is 0 Å². The Balaban J connectivity index is 0. The van der Waals surface area contributed by atoms with Gasteiger partial charge >= 0.3 is 0 Å². The molecule has 0 aliphatic heterocycles. The molecule has 228 valence electrons. The van der Waals surface area contributed by atoms with Gasteiger partial charge in [-0.2, -0.15) is 0 Å². The smallest absolute Gasteiger partial charge is 0.225 e. The summed E-state index contributed by atoms with van der Waals surface area (Å²) in [5, 5.41) is 6.16. The van der Waals surface area contributed by atoms with Crippen LogP contribution in [0.2, 0.25) is 0 Å². The Kier molecular flexibility index (Phi) is 30.5. The molecule has 0 saturated heterocycles. The summed E-state index contributed by atoms with van der Waals surface area (Å²) in [6.45, 7) is 7.67.